The Kier molecular flexibility index (Phi) is 7.57. The van der Waals surface area contributed by atoms with Crippen molar-refractivity contribution in [2.45, 2.75) is 19.4 Å². The standard InChI is InChI=1S/C20H23NO3/c22-20(23)9-5-15-21-14-4-8-17-10-12-19(13-11-17)24-16-18-6-2-1-3-7-18/h1-4,6-8,10-13,21H,5,9,14-16H2,(H,22,23)/b8-4+. The summed E-state index contributed by atoms with van der Waals surface area (Å²) in [5.41, 5.74) is 2.25. The van der Waals surface area contributed by atoms with Crippen molar-refractivity contribution in [3.05, 3.63) is 71.8 Å². The summed E-state index contributed by atoms with van der Waals surface area (Å²) in [7, 11) is 0. The van der Waals surface area contributed by atoms with E-state index in [1.165, 1.54) is 0 Å². The van der Waals surface area contributed by atoms with E-state index in [9.17, 15) is 4.79 Å². The van der Waals surface area contributed by atoms with Crippen LogP contribution in [-0.4, -0.2) is 24.2 Å². The Morgan fingerprint density at radius 1 is 1.08 bits per heavy atom. The molecule has 0 heterocycles. The van der Waals surface area contributed by atoms with Gasteiger partial charge in [0.15, 0.2) is 0 Å². The van der Waals surface area contributed by atoms with Gasteiger partial charge in [0.1, 0.15) is 12.4 Å². The topological polar surface area (TPSA) is 58.6 Å². The molecule has 0 aliphatic rings. The highest BCUT2D eigenvalue weighted by Crippen LogP contribution is 2.15. The molecular weight excluding hydrogens is 302 g/mol. The Balaban J connectivity index is 1.68. The molecule has 0 spiro atoms. The zero-order valence-corrected chi connectivity index (χ0v) is 13.7. The third-order valence-corrected chi connectivity index (χ3v) is 3.45. The Labute approximate surface area is 142 Å². The molecule has 0 aromatic heterocycles. The van der Waals surface area contributed by atoms with Crippen LogP contribution in [0.1, 0.15) is 24.0 Å². The van der Waals surface area contributed by atoms with Gasteiger partial charge < -0.3 is 15.2 Å². The Morgan fingerprint density at radius 2 is 1.83 bits per heavy atom. The molecule has 2 N–H and O–H groups in total. The molecule has 0 fully saturated rings. The van der Waals surface area contributed by atoms with Crippen LogP contribution in [0.5, 0.6) is 5.75 Å². The van der Waals surface area contributed by atoms with E-state index in [1.807, 2.05) is 66.7 Å². The van der Waals surface area contributed by atoms with Gasteiger partial charge in [-0.25, -0.2) is 0 Å². The lowest BCUT2D eigenvalue weighted by molar-refractivity contribution is -0.137. The number of carbonyl (C=O) groups is 1. The van der Waals surface area contributed by atoms with E-state index in [-0.39, 0.29) is 6.42 Å². The molecule has 2 aromatic rings. The number of hydrogen-bond acceptors (Lipinski definition) is 3. The molecule has 4 heteroatoms. The molecule has 0 radical (unpaired) electrons. The lowest BCUT2D eigenvalue weighted by Crippen LogP contribution is -2.15. The van der Waals surface area contributed by atoms with Crippen molar-refractivity contribution in [2.24, 2.45) is 0 Å². The van der Waals surface area contributed by atoms with Crippen molar-refractivity contribution in [2.75, 3.05) is 13.1 Å². The molecule has 4 nitrogen and oxygen atoms in total. The van der Waals surface area contributed by atoms with Crippen LogP contribution < -0.4 is 10.1 Å². The van der Waals surface area contributed by atoms with Crippen LogP contribution in [0.25, 0.3) is 6.08 Å². The summed E-state index contributed by atoms with van der Waals surface area (Å²) in [6, 6.07) is 18.0. The second-order valence-corrected chi connectivity index (χ2v) is 5.45. The molecule has 0 saturated carbocycles. The predicted octanol–water partition coefficient (Wildman–Crippen LogP) is 3.73. The predicted molar refractivity (Wildman–Crippen MR) is 96.0 cm³/mol. The second-order valence-electron chi connectivity index (χ2n) is 5.45. The summed E-state index contributed by atoms with van der Waals surface area (Å²) >= 11 is 0. The van der Waals surface area contributed by atoms with E-state index in [1.54, 1.807) is 0 Å². The van der Waals surface area contributed by atoms with Gasteiger partial charge in [0.25, 0.3) is 0 Å². The number of rotatable bonds is 10. The summed E-state index contributed by atoms with van der Waals surface area (Å²) in [6.07, 6.45) is 4.92. The highest BCUT2D eigenvalue weighted by Gasteiger charge is 1.96. The van der Waals surface area contributed by atoms with Crippen molar-refractivity contribution < 1.29 is 14.6 Å². The Morgan fingerprint density at radius 3 is 2.54 bits per heavy atom. The lowest BCUT2D eigenvalue weighted by atomic mass is 10.2. The third kappa shape index (κ3) is 7.11. The highest BCUT2D eigenvalue weighted by molar-refractivity contribution is 5.66. The minimum Gasteiger partial charge on any atom is -0.489 e. The first kappa shape index (κ1) is 17.8. The van der Waals surface area contributed by atoms with Gasteiger partial charge in [0.2, 0.25) is 0 Å². The fraction of sp³-hybridized carbons (Fsp3) is 0.250. The molecule has 2 rings (SSSR count). The van der Waals surface area contributed by atoms with Crippen molar-refractivity contribution in [1.29, 1.82) is 0 Å². The molecule has 0 atom stereocenters. The SMILES string of the molecule is O=C(O)CCCNC/C=C/c1ccc(OCc2ccccc2)cc1. The smallest absolute Gasteiger partial charge is 0.303 e. The van der Waals surface area contributed by atoms with Gasteiger partial charge in [-0.1, -0.05) is 54.6 Å². The van der Waals surface area contributed by atoms with E-state index >= 15 is 0 Å². The molecule has 24 heavy (non-hydrogen) atoms. The summed E-state index contributed by atoms with van der Waals surface area (Å²) in [4.78, 5) is 10.4. The van der Waals surface area contributed by atoms with Crippen LogP contribution in [0, 0.1) is 0 Å². The van der Waals surface area contributed by atoms with Gasteiger partial charge in [-0.05, 0) is 36.2 Å². The molecule has 0 saturated heterocycles. The van der Waals surface area contributed by atoms with Crippen molar-refractivity contribution in [1.82, 2.24) is 5.32 Å². The maximum absolute atomic E-state index is 10.4. The van der Waals surface area contributed by atoms with Gasteiger partial charge in [-0.3, -0.25) is 4.79 Å². The van der Waals surface area contributed by atoms with E-state index in [2.05, 4.69) is 5.32 Å². The number of nitrogens with one attached hydrogen (secondary N) is 1. The number of aliphatic carboxylic acids is 1. The maximum atomic E-state index is 10.4. The summed E-state index contributed by atoms with van der Waals surface area (Å²) in [6.45, 7) is 2.01. The summed E-state index contributed by atoms with van der Waals surface area (Å²) in [5.74, 6) is 0.102. The van der Waals surface area contributed by atoms with E-state index in [0.717, 1.165) is 23.4 Å². The van der Waals surface area contributed by atoms with Gasteiger partial charge in [-0.2, -0.15) is 0 Å². The minimum absolute atomic E-state index is 0.209. The Hall–Kier alpha value is -2.59. The van der Waals surface area contributed by atoms with Crippen LogP contribution in [0.2, 0.25) is 0 Å². The first-order valence-electron chi connectivity index (χ1n) is 8.10. The number of carboxylic acid groups (broad SMARTS) is 1. The largest absolute Gasteiger partial charge is 0.489 e. The van der Waals surface area contributed by atoms with E-state index < -0.39 is 5.97 Å². The highest BCUT2D eigenvalue weighted by atomic mass is 16.5. The average Bonchev–Trinajstić information content (AvgIpc) is 2.61. The van der Waals surface area contributed by atoms with Crippen molar-refractivity contribution in [3.8, 4) is 5.75 Å². The van der Waals surface area contributed by atoms with Crippen molar-refractivity contribution >= 4 is 12.0 Å². The van der Waals surface area contributed by atoms with Crippen LogP contribution >= 0.6 is 0 Å². The quantitative estimate of drug-likeness (QED) is 0.654. The second kappa shape index (κ2) is 10.2. The molecule has 0 bridgehead atoms. The lowest BCUT2D eigenvalue weighted by Gasteiger charge is -2.06. The van der Waals surface area contributed by atoms with E-state index in [0.29, 0.717) is 19.6 Å². The Bertz CT molecular complexity index is 636. The zero-order chi connectivity index (χ0) is 17.0. The minimum atomic E-state index is -0.748. The van der Waals surface area contributed by atoms with Crippen LogP contribution in [0.15, 0.2) is 60.7 Å². The van der Waals surface area contributed by atoms with E-state index in [4.69, 9.17) is 9.84 Å². The van der Waals surface area contributed by atoms with Crippen LogP contribution in [0.3, 0.4) is 0 Å². The monoisotopic (exact) mass is 325 g/mol. The van der Waals surface area contributed by atoms with Crippen LogP contribution in [-0.2, 0) is 11.4 Å². The van der Waals surface area contributed by atoms with Crippen LogP contribution in [0.4, 0.5) is 0 Å². The van der Waals surface area contributed by atoms with Crippen molar-refractivity contribution in [3.63, 3.8) is 0 Å². The normalized spacial score (nSPS) is 10.8. The molecule has 126 valence electrons. The number of benzene rings is 2. The molecule has 0 unspecified atom stereocenters. The number of carboxylic acids is 1. The van der Waals surface area contributed by atoms with Gasteiger partial charge in [0, 0.05) is 13.0 Å². The number of ether oxygens (including phenoxy) is 1. The first-order chi connectivity index (χ1) is 11.7. The molecule has 2 aromatic carbocycles. The number of hydrogen-bond donors (Lipinski definition) is 2. The molecule has 0 aliphatic heterocycles. The zero-order valence-electron chi connectivity index (χ0n) is 13.7. The van der Waals surface area contributed by atoms with Gasteiger partial charge in [0.05, 0.1) is 0 Å². The summed E-state index contributed by atoms with van der Waals surface area (Å²) in [5, 5.41) is 11.7. The fourth-order valence-corrected chi connectivity index (χ4v) is 2.16. The van der Waals surface area contributed by atoms with Gasteiger partial charge >= 0.3 is 5.97 Å². The maximum Gasteiger partial charge on any atom is 0.303 e. The fourth-order valence-electron chi connectivity index (χ4n) is 2.16. The van der Waals surface area contributed by atoms with Gasteiger partial charge in [-0.15, -0.1) is 0 Å². The molecule has 0 aliphatic carbocycles. The first-order valence-corrected chi connectivity index (χ1v) is 8.10. The molecular formula is C20H23NO3. The third-order valence-electron chi connectivity index (χ3n) is 3.45. The molecule has 0 amide bonds. The summed E-state index contributed by atoms with van der Waals surface area (Å²) < 4.78 is 5.75. The average molecular weight is 325 g/mol.